The van der Waals surface area contributed by atoms with Crippen LogP contribution in [0.15, 0.2) is 30.8 Å². The van der Waals surface area contributed by atoms with Gasteiger partial charge >= 0.3 is 0 Å². The van der Waals surface area contributed by atoms with E-state index in [1.807, 2.05) is 6.08 Å². The lowest BCUT2D eigenvalue weighted by molar-refractivity contribution is 0.665. The van der Waals surface area contributed by atoms with Crippen LogP contribution in [0.3, 0.4) is 0 Å². The topological polar surface area (TPSA) is 0 Å². The summed E-state index contributed by atoms with van der Waals surface area (Å²) in [5.74, 6) is 0.671. The number of benzene rings is 1. The summed E-state index contributed by atoms with van der Waals surface area (Å²) in [5, 5.41) is 0. The predicted octanol–water partition coefficient (Wildman–Crippen LogP) is 4.23. The molecule has 70 valence electrons. The van der Waals surface area contributed by atoms with Crippen molar-refractivity contribution in [3.05, 3.63) is 42.0 Å². The third kappa shape index (κ3) is 2.73. The van der Waals surface area contributed by atoms with Crippen LogP contribution in [0.4, 0.5) is 0 Å². The van der Waals surface area contributed by atoms with Gasteiger partial charge in [-0.2, -0.15) is 0 Å². The van der Waals surface area contributed by atoms with Gasteiger partial charge in [-0.05, 0) is 23.5 Å². The van der Waals surface area contributed by atoms with Gasteiger partial charge < -0.3 is 0 Å². The molecular weight excluding hydrogens is 156 g/mol. The van der Waals surface area contributed by atoms with Crippen LogP contribution in [0.1, 0.15) is 43.7 Å². The smallest absolute Gasteiger partial charge is 0.0190 e. The summed E-state index contributed by atoms with van der Waals surface area (Å²) in [7, 11) is 0. The normalized spacial score (nSPS) is 12.5. The Kier molecular flexibility index (Phi) is 3.75. The summed E-state index contributed by atoms with van der Waals surface area (Å²) in [6, 6.07) is 8.63. The fraction of sp³-hybridized carbons (Fsp3) is 0.385. The fourth-order valence-electron chi connectivity index (χ4n) is 1.59. The second kappa shape index (κ2) is 4.86. The lowest BCUT2D eigenvalue weighted by atomic mass is 9.95. The molecule has 0 aliphatic rings. The van der Waals surface area contributed by atoms with Gasteiger partial charge in [0.25, 0.3) is 0 Å². The van der Waals surface area contributed by atoms with Gasteiger partial charge in [-0.15, -0.1) is 0 Å². The standard InChI is InChI=1S/C13H18/c1-4-7-11(3)13-9-6-8-12(5-2)10-13/h5-6,8-11H,2,4,7H2,1,3H3. The molecule has 0 saturated carbocycles. The molecular formula is C13H18. The molecule has 0 fully saturated rings. The van der Waals surface area contributed by atoms with E-state index in [1.54, 1.807) is 0 Å². The lowest BCUT2D eigenvalue weighted by Crippen LogP contribution is -1.92. The largest absolute Gasteiger partial charge is 0.0985 e. The van der Waals surface area contributed by atoms with Crippen LogP contribution in [-0.2, 0) is 0 Å². The molecule has 1 unspecified atom stereocenters. The molecule has 0 N–H and O–H groups in total. The second-order valence-corrected chi connectivity index (χ2v) is 3.56. The Balaban J connectivity index is 2.81. The molecule has 1 aromatic carbocycles. The maximum Gasteiger partial charge on any atom is -0.0190 e. The first-order valence-electron chi connectivity index (χ1n) is 5.00. The second-order valence-electron chi connectivity index (χ2n) is 3.56. The first-order chi connectivity index (χ1) is 6.27. The van der Waals surface area contributed by atoms with Gasteiger partial charge in [0, 0.05) is 0 Å². The number of hydrogen-bond acceptors (Lipinski definition) is 0. The van der Waals surface area contributed by atoms with Crippen LogP contribution in [0, 0.1) is 0 Å². The van der Waals surface area contributed by atoms with E-state index in [1.165, 1.54) is 24.0 Å². The molecule has 0 spiro atoms. The van der Waals surface area contributed by atoms with Gasteiger partial charge in [0.05, 0.1) is 0 Å². The van der Waals surface area contributed by atoms with Crippen molar-refractivity contribution in [1.29, 1.82) is 0 Å². The summed E-state index contributed by atoms with van der Waals surface area (Å²) in [4.78, 5) is 0. The molecule has 0 radical (unpaired) electrons. The Morgan fingerprint density at radius 1 is 1.46 bits per heavy atom. The zero-order chi connectivity index (χ0) is 9.68. The Morgan fingerprint density at radius 3 is 2.85 bits per heavy atom. The molecule has 0 saturated heterocycles. The molecule has 0 heteroatoms. The maximum absolute atomic E-state index is 3.78. The first-order valence-corrected chi connectivity index (χ1v) is 5.00. The predicted molar refractivity (Wildman–Crippen MR) is 59.9 cm³/mol. The van der Waals surface area contributed by atoms with Gasteiger partial charge in [-0.3, -0.25) is 0 Å². The third-order valence-corrected chi connectivity index (χ3v) is 2.44. The zero-order valence-corrected chi connectivity index (χ0v) is 8.59. The van der Waals surface area contributed by atoms with Gasteiger partial charge in [0.15, 0.2) is 0 Å². The highest BCUT2D eigenvalue weighted by Gasteiger charge is 2.03. The van der Waals surface area contributed by atoms with Gasteiger partial charge in [0.1, 0.15) is 0 Å². The van der Waals surface area contributed by atoms with Crippen molar-refractivity contribution >= 4 is 6.08 Å². The summed E-state index contributed by atoms with van der Waals surface area (Å²) >= 11 is 0. The molecule has 0 amide bonds. The SMILES string of the molecule is C=Cc1cccc(C(C)CCC)c1. The quantitative estimate of drug-likeness (QED) is 0.640. The highest BCUT2D eigenvalue weighted by molar-refractivity contribution is 5.48. The molecule has 1 aromatic rings. The van der Waals surface area contributed by atoms with Gasteiger partial charge in [0.2, 0.25) is 0 Å². The summed E-state index contributed by atoms with van der Waals surface area (Å²) in [6.07, 6.45) is 4.42. The molecule has 0 aliphatic heterocycles. The van der Waals surface area contributed by atoms with Gasteiger partial charge in [-0.25, -0.2) is 0 Å². The molecule has 0 heterocycles. The number of rotatable bonds is 4. The van der Waals surface area contributed by atoms with E-state index in [2.05, 4.69) is 44.7 Å². The van der Waals surface area contributed by atoms with Gasteiger partial charge in [-0.1, -0.05) is 57.2 Å². The highest BCUT2D eigenvalue weighted by Crippen LogP contribution is 2.21. The summed E-state index contributed by atoms with van der Waals surface area (Å²) in [5.41, 5.74) is 2.65. The average Bonchev–Trinajstić information content (AvgIpc) is 2.18. The van der Waals surface area contributed by atoms with Crippen molar-refractivity contribution in [2.75, 3.05) is 0 Å². The molecule has 1 atom stereocenters. The minimum atomic E-state index is 0.671. The Labute approximate surface area is 81.3 Å². The number of hydrogen-bond donors (Lipinski definition) is 0. The van der Waals surface area contributed by atoms with E-state index in [9.17, 15) is 0 Å². The van der Waals surface area contributed by atoms with Crippen LogP contribution in [0.5, 0.6) is 0 Å². The molecule has 0 aromatic heterocycles. The monoisotopic (exact) mass is 174 g/mol. The molecule has 0 bridgehead atoms. The molecule has 13 heavy (non-hydrogen) atoms. The van der Waals surface area contributed by atoms with E-state index in [0.717, 1.165) is 0 Å². The molecule has 1 rings (SSSR count). The van der Waals surface area contributed by atoms with E-state index in [0.29, 0.717) is 5.92 Å². The summed E-state index contributed by atoms with van der Waals surface area (Å²) < 4.78 is 0. The molecule has 0 nitrogen and oxygen atoms in total. The fourth-order valence-corrected chi connectivity index (χ4v) is 1.59. The van der Waals surface area contributed by atoms with Crippen molar-refractivity contribution in [2.45, 2.75) is 32.6 Å². The van der Waals surface area contributed by atoms with Crippen molar-refractivity contribution in [1.82, 2.24) is 0 Å². The summed E-state index contributed by atoms with van der Waals surface area (Å²) in [6.45, 7) is 8.29. The zero-order valence-electron chi connectivity index (χ0n) is 8.59. The average molecular weight is 174 g/mol. The highest BCUT2D eigenvalue weighted by atomic mass is 14.1. The van der Waals surface area contributed by atoms with E-state index < -0.39 is 0 Å². The molecule has 0 aliphatic carbocycles. The van der Waals surface area contributed by atoms with Crippen LogP contribution in [0.25, 0.3) is 6.08 Å². The van der Waals surface area contributed by atoms with Crippen molar-refractivity contribution < 1.29 is 0 Å². The Morgan fingerprint density at radius 2 is 2.23 bits per heavy atom. The van der Waals surface area contributed by atoms with Crippen LogP contribution in [-0.4, -0.2) is 0 Å². The van der Waals surface area contributed by atoms with Crippen LogP contribution in [0.2, 0.25) is 0 Å². The minimum Gasteiger partial charge on any atom is -0.0985 e. The minimum absolute atomic E-state index is 0.671. The lowest BCUT2D eigenvalue weighted by Gasteiger charge is -2.10. The van der Waals surface area contributed by atoms with Crippen molar-refractivity contribution in [3.8, 4) is 0 Å². The Hall–Kier alpha value is -1.04. The first kappa shape index (κ1) is 10.0. The van der Waals surface area contributed by atoms with E-state index >= 15 is 0 Å². The van der Waals surface area contributed by atoms with Crippen molar-refractivity contribution in [2.24, 2.45) is 0 Å². The Bertz CT molecular complexity index is 273. The van der Waals surface area contributed by atoms with E-state index in [-0.39, 0.29) is 0 Å². The van der Waals surface area contributed by atoms with Crippen molar-refractivity contribution in [3.63, 3.8) is 0 Å². The van der Waals surface area contributed by atoms with Crippen LogP contribution >= 0.6 is 0 Å². The van der Waals surface area contributed by atoms with E-state index in [4.69, 9.17) is 0 Å². The van der Waals surface area contributed by atoms with Crippen LogP contribution < -0.4 is 0 Å². The maximum atomic E-state index is 3.78. The third-order valence-electron chi connectivity index (χ3n) is 2.44.